The second-order valence-electron chi connectivity index (χ2n) is 5.92. The van der Waals surface area contributed by atoms with Crippen LogP contribution in [-0.4, -0.2) is 75.1 Å². The maximum atomic E-state index is 9.48. The van der Waals surface area contributed by atoms with Crippen molar-refractivity contribution in [3.63, 3.8) is 0 Å². The minimum Gasteiger partial charge on any atom is -0.493 e. The molecule has 23 heavy (non-hydrogen) atoms. The fraction of sp³-hybridized carbons (Fsp3) is 0.647. The Labute approximate surface area is 138 Å². The number of methoxy groups -OCH3 is 3. The standard InChI is InChI=1S/C17H28N2O4/c1-13(20)11-18-7-9-19(10-8-18)12-14-5-6-15(21-2)17(23-4)16(14)22-3/h5-6,13,20H,7-12H2,1-4H3. The van der Waals surface area contributed by atoms with Crippen LogP contribution in [0.5, 0.6) is 17.2 Å². The van der Waals surface area contributed by atoms with Crippen LogP contribution >= 0.6 is 0 Å². The highest BCUT2D eigenvalue weighted by atomic mass is 16.5. The average Bonchev–Trinajstić information content (AvgIpc) is 2.55. The largest absolute Gasteiger partial charge is 0.493 e. The minimum atomic E-state index is -0.271. The van der Waals surface area contributed by atoms with Crippen molar-refractivity contribution in [1.82, 2.24) is 9.80 Å². The second-order valence-corrected chi connectivity index (χ2v) is 5.92. The summed E-state index contributed by atoms with van der Waals surface area (Å²) < 4.78 is 16.3. The molecular formula is C17H28N2O4. The molecule has 6 nitrogen and oxygen atoms in total. The fourth-order valence-corrected chi connectivity index (χ4v) is 3.03. The molecule has 1 unspecified atom stereocenters. The highest BCUT2D eigenvalue weighted by Crippen LogP contribution is 2.40. The van der Waals surface area contributed by atoms with Crippen molar-refractivity contribution in [3.8, 4) is 17.2 Å². The number of rotatable bonds is 7. The molecule has 1 aromatic carbocycles. The highest BCUT2D eigenvalue weighted by Gasteiger charge is 2.21. The Kier molecular flexibility index (Phi) is 6.50. The van der Waals surface area contributed by atoms with Crippen LogP contribution in [0.15, 0.2) is 12.1 Å². The van der Waals surface area contributed by atoms with Crippen LogP contribution in [0.3, 0.4) is 0 Å². The molecule has 0 aromatic heterocycles. The quantitative estimate of drug-likeness (QED) is 0.814. The number of hydrogen-bond donors (Lipinski definition) is 1. The van der Waals surface area contributed by atoms with Crippen LogP contribution in [0, 0.1) is 0 Å². The molecule has 2 rings (SSSR count). The third kappa shape index (κ3) is 4.50. The monoisotopic (exact) mass is 324 g/mol. The Morgan fingerprint density at radius 3 is 2.09 bits per heavy atom. The van der Waals surface area contributed by atoms with Crippen LogP contribution in [0.2, 0.25) is 0 Å². The number of aliphatic hydroxyl groups excluding tert-OH is 1. The zero-order chi connectivity index (χ0) is 16.8. The van der Waals surface area contributed by atoms with Gasteiger partial charge in [0.1, 0.15) is 0 Å². The maximum absolute atomic E-state index is 9.48. The van der Waals surface area contributed by atoms with Crippen molar-refractivity contribution >= 4 is 0 Å². The molecule has 1 atom stereocenters. The Morgan fingerprint density at radius 2 is 1.57 bits per heavy atom. The summed E-state index contributed by atoms with van der Waals surface area (Å²) in [5.41, 5.74) is 1.09. The van der Waals surface area contributed by atoms with Gasteiger partial charge in [-0.3, -0.25) is 9.80 Å². The molecule has 1 N–H and O–H groups in total. The SMILES string of the molecule is COc1ccc(CN2CCN(CC(C)O)CC2)c(OC)c1OC. The van der Waals surface area contributed by atoms with E-state index in [1.54, 1.807) is 21.3 Å². The van der Waals surface area contributed by atoms with Gasteiger partial charge >= 0.3 is 0 Å². The zero-order valence-electron chi connectivity index (χ0n) is 14.5. The van der Waals surface area contributed by atoms with Gasteiger partial charge in [0.15, 0.2) is 11.5 Å². The van der Waals surface area contributed by atoms with Gasteiger partial charge in [-0.2, -0.15) is 0 Å². The van der Waals surface area contributed by atoms with Gasteiger partial charge in [-0.1, -0.05) is 6.07 Å². The number of piperazine rings is 1. The first kappa shape index (κ1) is 17.8. The molecule has 1 heterocycles. The molecule has 0 aliphatic carbocycles. The lowest BCUT2D eigenvalue weighted by Crippen LogP contribution is -2.47. The van der Waals surface area contributed by atoms with Gasteiger partial charge in [0.25, 0.3) is 0 Å². The predicted molar refractivity (Wildman–Crippen MR) is 89.5 cm³/mol. The topological polar surface area (TPSA) is 54.4 Å². The van der Waals surface area contributed by atoms with Gasteiger partial charge < -0.3 is 19.3 Å². The summed E-state index contributed by atoms with van der Waals surface area (Å²) in [6, 6.07) is 3.95. The number of benzene rings is 1. The number of nitrogens with zero attached hydrogens (tertiary/aromatic N) is 2. The molecular weight excluding hydrogens is 296 g/mol. The lowest BCUT2D eigenvalue weighted by molar-refractivity contribution is 0.0777. The molecule has 0 saturated carbocycles. The van der Waals surface area contributed by atoms with Gasteiger partial charge in [0.2, 0.25) is 5.75 Å². The Bertz CT molecular complexity index is 500. The van der Waals surface area contributed by atoms with Crippen LogP contribution in [0.4, 0.5) is 0 Å². The van der Waals surface area contributed by atoms with Crippen molar-refractivity contribution in [3.05, 3.63) is 17.7 Å². The molecule has 0 bridgehead atoms. The van der Waals surface area contributed by atoms with Crippen molar-refractivity contribution in [2.75, 3.05) is 54.1 Å². The first-order chi connectivity index (χ1) is 11.1. The molecule has 6 heteroatoms. The summed E-state index contributed by atoms with van der Waals surface area (Å²) in [7, 11) is 4.90. The Balaban J connectivity index is 2.04. The second kappa shape index (κ2) is 8.38. The van der Waals surface area contributed by atoms with E-state index in [1.165, 1.54) is 0 Å². The smallest absolute Gasteiger partial charge is 0.203 e. The third-order valence-corrected chi connectivity index (χ3v) is 4.17. The summed E-state index contributed by atoms with van der Waals surface area (Å²) in [5, 5.41) is 9.48. The van der Waals surface area contributed by atoms with Crippen LogP contribution in [0.1, 0.15) is 12.5 Å². The van der Waals surface area contributed by atoms with E-state index in [0.717, 1.165) is 50.6 Å². The van der Waals surface area contributed by atoms with E-state index >= 15 is 0 Å². The lowest BCUT2D eigenvalue weighted by atomic mass is 10.1. The number of hydrogen-bond acceptors (Lipinski definition) is 6. The molecule has 0 radical (unpaired) electrons. The van der Waals surface area contributed by atoms with E-state index in [1.807, 2.05) is 19.1 Å². The molecule has 1 aliphatic rings. The van der Waals surface area contributed by atoms with Crippen molar-refractivity contribution in [1.29, 1.82) is 0 Å². The average molecular weight is 324 g/mol. The summed E-state index contributed by atoms with van der Waals surface area (Å²) in [4.78, 5) is 4.69. The number of ether oxygens (including phenoxy) is 3. The van der Waals surface area contributed by atoms with Crippen LogP contribution in [0.25, 0.3) is 0 Å². The van der Waals surface area contributed by atoms with E-state index < -0.39 is 0 Å². The normalized spacial score (nSPS) is 17.8. The summed E-state index contributed by atoms with van der Waals surface area (Å²) in [6.07, 6.45) is -0.271. The van der Waals surface area contributed by atoms with E-state index in [0.29, 0.717) is 11.5 Å². The Morgan fingerprint density at radius 1 is 0.957 bits per heavy atom. The van der Waals surface area contributed by atoms with Crippen molar-refractivity contribution in [2.45, 2.75) is 19.6 Å². The predicted octanol–water partition coefficient (Wildman–Crippen LogP) is 1.21. The maximum Gasteiger partial charge on any atom is 0.203 e. The molecule has 1 fully saturated rings. The van der Waals surface area contributed by atoms with Crippen LogP contribution < -0.4 is 14.2 Å². The van der Waals surface area contributed by atoms with Gasteiger partial charge in [0.05, 0.1) is 27.4 Å². The molecule has 1 aromatic rings. The summed E-state index contributed by atoms with van der Waals surface area (Å²) >= 11 is 0. The van der Waals surface area contributed by atoms with Gasteiger partial charge in [-0.15, -0.1) is 0 Å². The Hall–Kier alpha value is -1.50. The number of β-amino-alcohol motifs (C(OH)–C–C–N with tert-alkyl or cyclic N) is 1. The van der Waals surface area contributed by atoms with Crippen molar-refractivity contribution in [2.24, 2.45) is 0 Å². The van der Waals surface area contributed by atoms with E-state index in [4.69, 9.17) is 14.2 Å². The first-order valence-corrected chi connectivity index (χ1v) is 7.99. The number of aliphatic hydroxyl groups is 1. The fourth-order valence-electron chi connectivity index (χ4n) is 3.03. The van der Waals surface area contributed by atoms with Crippen LogP contribution in [-0.2, 0) is 6.54 Å². The summed E-state index contributed by atoms with van der Waals surface area (Å²) in [6.45, 7) is 7.29. The first-order valence-electron chi connectivity index (χ1n) is 7.99. The van der Waals surface area contributed by atoms with Gasteiger partial charge in [-0.05, 0) is 13.0 Å². The van der Waals surface area contributed by atoms with E-state index in [-0.39, 0.29) is 6.10 Å². The lowest BCUT2D eigenvalue weighted by Gasteiger charge is -2.35. The molecule has 1 saturated heterocycles. The highest BCUT2D eigenvalue weighted by molar-refractivity contribution is 5.55. The van der Waals surface area contributed by atoms with E-state index in [2.05, 4.69) is 9.80 Å². The molecule has 130 valence electrons. The zero-order valence-corrected chi connectivity index (χ0v) is 14.5. The van der Waals surface area contributed by atoms with Gasteiger partial charge in [0, 0.05) is 44.8 Å². The minimum absolute atomic E-state index is 0.271. The molecule has 1 aliphatic heterocycles. The third-order valence-electron chi connectivity index (χ3n) is 4.17. The van der Waals surface area contributed by atoms with E-state index in [9.17, 15) is 5.11 Å². The van der Waals surface area contributed by atoms with Crippen molar-refractivity contribution < 1.29 is 19.3 Å². The molecule has 0 spiro atoms. The van der Waals surface area contributed by atoms with Gasteiger partial charge in [-0.25, -0.2) is 0 Å². The molecule has 0 amide bonds. The summed E-state index contributed by atoms with van der Waals surface area (Å²) in [5.74, 6) is 2.05.